The average Bonchev–Trinajstić information content (AvgIpc) is 2.73. The van der Waals surface area contributed by atoms with Crippen molar-refractivity contribution >= 4 is 10.0 Å². The molecule has 146 valence electrons. The van der Waals surface area contributed by atoms with Gasteiger partial charge in [-0.3, -0.25) is 4.98 Å². The maximum atomic E-state index is 13.3. The number of aryl methyl sites for hydroxylation is 1. The quantitative estimate of drug-likeness (QED) is 0.538. The lowest BCUT2D eigenvalue weighted by molar-refractivity contribution is 0.405. The highest BCUT2D eigenvalue weighted by Crippen LogP contribution is 2.20. The second-order valence-electron chi connectivity index (χ2n) is 6.79. The minimum atomic E-state index is -3.61. The Hall–Kier alpha value is -2.50. The monoisotopic (exact) mass is 394 g/mol. The molecule has 0 saturated carbocycles. The molecule has 0 unspecified atom stereocenters. The van der Waals surface area contributed by atoms with Gasteiger partial charge in [-0.2, -0.15) is 4.31 Å². The van der Waals surface area contributed by atoms with Gasteiger partial charge in [0.15, 0.2) is 0 Å². The Morgan fingerprint density at radius 1 is 0.821 bits per heavy atom. The standard InChI is InChI=1S/C23H26N2O2S/c1-2-8-20-12-14-23(15-13-20)28(26,27)25(19-22-11-6-7-17-24-22)18-16-21-9-4-3-5-10-21/h3-7,9-15,17H,2,8,16,18-19H2,1H3. The third-order valence-corrected chi connectivity index (χ3v) is 6.52. The molecule has 0 bridgehead atoms. The molecule has 3 rings (SSSR count). The van der Waals surface area contributed by atoms with Crippen LogP contribution in [0.2, 0.25) is 0 Å². The maximum Gasteiger partial charge on any atom is 0.243 e. The largest absolute Gasteiger partial charge is 0.260 e. The topological polar surface area (TPSA) is 50.3 Å². The van der Waals surface area contributed by atoms with E-state index in [1.54, 1.807) is 18.3 Å². The summed E-state index contributed by atoms with van der Waals surface area (Å²) in [5.41, 5.74) is 3.01. The van der Waals surface area contributed by atoms with Crippen LogP contribution in [-0.2, 0) is 29.4 Å². The van der Waals surface area contributed by atoms with Gasteiger partial charge in [0.1, 0.15) is 0 Å². The first-order valence-electron chi connectivity index (χ1n) is 9.62. The molecule has 0 aliphatic rings. The van der Waals surface area contributed by atoms with Crippen LogP contribution < -0.4 is 0 Å². The van der Waals surface area contributed by atoms with Crippen LogP contribution in [0.1, 0.15) is 30.2 Å². The molecule has 28 heavy (non-hydrogen) atoms. The van der Waals surface area contributed by atoms with Crippen LogP contribution in [0.3, 0.4) is 0 Å². The molecule has 0 atom stereocenters. The number of pyridine rings is 1. The second-order valence-corrected chi connectivity index (χ2v) is 8.73. The third-order valence-electron chi connectivity index (χ3n) is 4.66. The summed E-state index contributed by atoms with van der Waals surface area (Å²) in [6, 6.07) is 22.8. The third kappa shape index (κ3) is 5.27. The van der Waals surface area contributed by atoms with Crippen LogP contribution in [0, 0.1) is 0 Å². The zero-order valence-corrected chi connectivity index (χ0v) is 17.0. The number of benzene rings is 2. The van der Waals surface area contributed by atoms with Crippen LogP contribution in [0.4, 0.5) is 0 Å². The van der Waals surface area contributed by atoms with E-state index < -0.39 is 10.0 Å². The Bertz CT molecular complexity index is 957. The van der Waals surface area contributed by atoms with Gasteiger partial charge in [-0.25, -0.2) is 8.42 Å². The summed E-state index contributed by atoms with van der Waals surface area (Å²) in [7, 11) is -3.61. The fraction of sp³-hybridized carbons (Fsp3) is 0.261. The fourth-order valence-corrected chi connectivity index (χ4v) is 4.53. The predicted octanol–water partition coefficient (Wildman–Crippen LogP) is 4.47. The van der Waals surface area contributed by atoms with Gasteiger partial charge in [0.25, 0.3) is 0 Å². The molecule has 0 aliphatic carbocycles. The van der Waals surface area contributed by atoms with Crippen LogP contribution in [-0.4, -0.2) is 24.3 Å². The Balaban J connectivity index is 1.85. The van der Waals surface area contributed by atoms with E-state index in [1.807, 2.05) is 60.7 Å². The van der Waals surface area contributed by atoms with Gasteiger partial charge in [0.2, 0.25) is 10.0 Å². The first-order valence-corrected chi connectivity index (χ1v) is 11.1. The van der Waals surface area contributed by atoms with Crippen molar-refractivity contribution in [1.82, 2.24) is 9.29 Å². The maximum absolute atomic E-state index is 13.3. The van der Waals surface area contributed by atoms with Crippen molar-refractivity contribution in [3.63, 3.8) is 0 Å². The molecule has 3 aromatic rings. The Morgan fingerprint density at radius 3 is 2.14 bits per heavy atom. The molecule has 1 aromatic heterocycles. The zero-order chi connectivity index (χ0) is 19.8. The minimum Gasteiger partial charge on any atom is -0.260 e. The lowest BCUT2D eigenvalue weighted by Gasteiger charge is -2.22. The van der Waals surface area contributed by atoms with E-state index in [0.29, 0.717) is 17.9 Å². The van der Waals surface area contributed by atoms with E-state index in [9.17, 15) is 8.42 Å². The van der Waals surface area contributed by atoms with Gasteiger partial charge in [0.05, 0.1) is 17.1 Å². The smallest absolute Gasteiger partial charge is 0.243 e. The van der Waals surface area contributed by atoms with E-state index in [1.165, 1.54) is 4.31 Å². The number of aromatic nitrogens is 1. The van der Waals surface area contributed by atoms with Crippen LogP contribution in [0.15, 0.2) is 83.9 Å². The average molecular weight is 395 g/mol. The molecule has 0 fully saturated rings. The summed E-state index contributed by atoms with van der Waals surface area (Å²) in [5, 5.41) is 0. The molecule has 0 spiro atoms. The van der Waals surface area contributed by atoms with Crippen molar-refractivity contribution in [3.8, 4) is 0 Å². The summed E-state index contributed by atoms with van der Waals surface area (Å²) in [6.45, 7) is 2.77. The SMILES string of the molecule is CCCc1ccc(S(=O)(=O)N(CCc2ccccc2)Cc2ccccn2)cc1. The molecule has 2 aromatic carbocycles. The highest BCUT2D eigenvalue weighted by atomic mass is 32.2. The zero-order valence-electron chi connectivity index (χ0n) is 16.2. The molecule has 0 aliphatic heterocycles. The van der Waals surface area contributed by atoms with E-state index in [2.05, 4.69) is 11.9 Å². The van der Waals surface area contributed by atoms with Crippen molar-refractivity contribution < 1.29 is 8.42 Å². The highest BCUT2D eigenvalue weighted by molar-refractivity contribution is 7.89. The Labute approximate surface area is 167 Å². The van der Waals surface area contributed by atoms with E-state index in [0.717, 1.165) is 29.7 Å². The summed E-state index contributed by atoms with van der Waals surface area (Å²) >= 11 is 0. The first-order chi connectivity index (χ1) is 13.6. The minimum absolute atomic E-state index is 0.257. The van der Waals surface area contributed by atoms with Gasteiger partial charge in [-0.15, -0.1) is 0 Å². The number of rotatable bonds is 9. The molecular weight excluding hydrogens is 368 g/mol. The second kappa shape index (κ2) is 9.62. The Kier molecular flexibility index (Phi) is 6.95. The molecule has 4 nitrogen and oxygen atoms in total. The number of nitrogens with zero attached hydrogens (tertiary/aromatic N) is 2. The predicted molar refractivity (Wildman–Crippen MR) is 112 cm³/mol. The lowest BCUT2D eigenvalue weighted by Crippen LogP contribution is -2.33. The summed E-state index contributed by atoms with van der Waals surface area (Å²) < 4.78 is 28.2. The van der Waals surface area contributed by atoms with Gasteiger partial charge in [-0.1, -0.05) is 61.9 Å². The lowest BCUT2D eigenvalue weighted by atomic mass is 10.1. The van der Waals surface area contributed by atoms with Crippen molar-refractivity contribution in [2.45, 2.75) is 37.6 Å². The van der Waals surface area contributed by atoms with Crippen molar-refractivity contribution in [2.75, 3.05) is 6.54 Å². The highest BCUT2D eigenvalue weighted by Gasteiger charge is 2.25. The Morgan fingerprint density at radius 2 is 1.50 bits per heavy atom. The number of hydrogen-bond acceptors (Lipinski definition) is 3. The molecule has 0 N–H and O–H groups in total. The van der Waals surface area contributed by atoms with Gasteiger partial charge in [-0.05, 0) is 48.2 Å². The summed E-state index contributed by atoms with van der Waals surface area (Å²) in [6.07, 6.45) is 4.33. The molecule has 0 radical (unpaired) electrons. The van der Waals surface area contributed by atoms with Gasteiger partial charge in [0, 0.05) is 12.7 Å². The fourth-order valence-electron chi connectivity index (χ4n) is 3.12. The van der Waals surface area contributed by atoms with Crippen molar-refractivity contribution in [1.29, 1.82) is 0 Å². The summed E-state index contributed by atoms with van der Waals surface area (Å²) in [5.74, 6) is 0. The normalized spacial score (nSPS) is 11.6. The van der Waals surface area contributed by atoms with Gasteiger partial charge < -0.3 is 0 Å². The van der Waals surface area contributed by atoms with E-state index >= 15 is 0 Å². The van der Waals surface area contributed by atoms with E-state index in [-0.39, 0.29) is 6.54 Å². The van der Waals surface area contributed by atoms with Crippen LogP contribution in [0.5, 0.6) is 0 Å². The molecule has 0 saturated heterocycles. The molecular formula is C23H26N2O2S. The van der Waals surface area contributed by atoms with Crippen molar-refractivity contribution in [2.24, 2.45) is 0 Å². The molecule has 0 amide bonds. The van der Waals surface area contributed by atoms with Gasteiger partial charge >= 0.3 is 0 Å². The van der Waals surface area contributed by atoms with Crippen molar-refractivity contribution in [3.05, 3.63) is 95.8 Å². The number of hydrogen-bond donors (Lipinski definition) is 0. The number of sulfonamides is 1. The van der Waals surface area contributed by atoms with E-state index in [4.69, 9.17) is 0 Å². The van der Waals surface area contributed by atoms with Crippen LogP contribution >= 0.6 is 0 Å². The summed E-state index contributed by atoms with van der Waals surface area (Å²) in [4.78, 5) is 4.64. The van der Waals surface area contributed by atoms with Crippen LogP contribution in [0.25, 0.3) is 0 Å². The molecule has 1 heterocycles. The first kappa shape index (κ1) is 20.2. The molecule has 5 heteroatoms.